The summed E-state index contributed by atoms with van der Waals surface area (Å²) in [5.41, 5.74) is 7.03. The second-order valence-corrected chi connectivity index (χ2v) is 6.84. The van der Waals surface area contributed by atoms with Crippen LogP contribution >= 0.6 is 0 Å². The predicted molar refractivity (Wildman–Crippen MR) is 102 cm³/mol. The summed E-state index contributed by atoms with van der Waals surface area (Å²) in [6.45, 7) is 1.01. The minimum Gasteiger partial charge on any atom is -0.381 e. The molecule has 0 bridgehead atoms. The van der Waals surface area contributed by atoms with Gasteiger partial charge in [0.05, 0.1) is 5.69 Å². The molecule has 1 amide bonds. The molecule has 1 fully saturated rings. The number of rotatable bonds is 7. The van der Waals surface area contributed by atoms with Gasteiger partial charge < -0.3 is 16.0 Å². The summed E-state index contributed by atoms with van der Waals surface area (Å²) in [7, 11) is 0. The first-order valence-corrected chi connectivity index (χ1v) is 9.13. The first-order chi connectivity index (χ1) is 13.0. The van der Waals surface area contributed by atoms with Gasteiger partial charge in [-0.2, -0.15) is 0 Å². The summed E-state index contributed by atoms with van der Waals surface area (Å²) in [4.78, 5) is 14.4. The Morgan fingerprint density at radius 3 is 2.59 bits per heavy atom. The van der Waals surface area contributed by atoms with Gasteiger partial charge in [0, 0.05) is 31.6 Å². The quantitative estimate of drug-likeness (QED) is 0.785. The van der Waals surface area contributed by atoms with Crippen molar-refractivity contribution in [3.63, 3.8) is 0 Å². The number of benzene rings is 2. The van der Waals surface area contributed by atoms with Crippen molar-refractivity contribution in [1.29, 1.82) is 0 Å². The molecule has 0 aromatic heterocycles. The molecule has 27 heavy (non-hydrogen) atoms. The summed E-state index contributed by atoms with van der Waals surface area (Å²) in [5, 5.41) is 3.07. The Morgan fingerprint density at radius 1 is 1.15 bits per heavy atom. The molecule has 3 rings (SSSR count). The molecule has 0 aliphatic carbocycles. The number of nitrogens with two attached hydrogens (primary N) is 1. The third-order valence-corrected chi connectivity index (χ3v) is 4.80. The lowest BCUT2D eigenvalue weighted by molar-refractivity contribution is -0.132. The maximum atomic E-state index is 13.7. The molecule has 4 nitrogen and oxygen atoms in total. The first-order valence-electron chi connectivity index (χ1n) is 9.13. The van der Waals surface area contributed by atoms with E-state index in [-0.39, 0.29) is 30.0 Å². The Hall–Kier alpha value is -2.47. The summed E-state index contributed by atoms with van der Waals surface area (Å²) >= 11 is 0. The van der Waals surface area contributed by atoms with Gasteiger partial charge in [-0.1, -0.05) is 30.3 Å². The van der Waals surface area contributed by atoms with Crippen molar-refractivity contribution >= 4 is 11.6 Å². The summed E-state index contributed by atoms with van der Waals surface area (Å²) in [6, 6.07) is 12.4. The Kier molecular flexibility index (Phi) is 6.40. The van der Waals surface area contributed by atoms with Gasteiger partial charge in [0.15, 0.2) is 0 Å². The standard InChI is InChI=1S/C21H24F2N3O/c22-18-8-2-1-6-15(18)12-16(24)13-21(27)26-11-5-7-17(26)14-25-20-10-4-3-9-19(20)23/h1-6,8-10,16-17,25H,7,11-14,24H2/t16-,17+/m1/s1. The van der Waals surface area contributed by atoms with Crippen molar-refractivity contribution in [3.8, 4) is 0 Å². The van der Waals surface area contributed by atoms with Crippen LogP contribution in [0.5, 0.6) is 0 Å². The summed E-state index contributed by atoms with van der Waals surface area (Å²) in [6.07, 6.45) is 3.25. The number of anilines is 1. The van der Waals surface area contributed by atoms with E-state index < -0.39 is 6.04 Å². The van der Waals surface area contributed by atoms with Crippen molar-refractivity contribution in [1.82, 2.24) is 4.90 Å². The van der Waals surface area contributed by atoms with E-state index in [4.69, 9.17) is 5.73 Å². The van der Waals surface area contributed by atoms with Crippen LogP contribution in [0.4, 0.5) is 14.5 Å². The number of nitrogens with one attached hydrogen (secondary N) is 1. The number of para-hydroxylation sites is 1. The van der Waals surface area contributed by atoms with E-state index in [1.54, 1.807) is 41.3 Å². The molecule has 1 saturated heterocycles. The second-order valence-electron chi connectivity index (χ2n) is 6.84. The highest BCUT2D eigenvalue weighted by Gasteiger charge is 2.29. The molecule has 1 radical (unpaired) electrons. The van der Waals surface area contributed by atoms with Gasteiger partial charge >= 0.3 is 0 Å². The Bertz CT molecular complexity index is 784. The molecule has 1 aliphatic heterocycles. The maximum absolute atomic E-state index is 13.7. The summed E-state index contributed by atoms with van der Waals surface area (Å²) < 4.78 is 27.5. The molecule has 6 heteroatoms. The van der Waals surface area contributed by atoms with Gasteiger partial charge in [-0.3, -0.25) is 4.79 Å². The minimum absolute atomic E-state index is 0.0437. The molecule has 2 atom stereocenters. The number of halogens is 2. The molecule has 0 unspecified atom stereocenters. The number of nitrogens with zero attached hydrogens (tertiary/aromatic N) is 1. The molecule has 2 aromatic rings. The van der Waals surface area contributed by atoms with Gasteiger partial charge in [-0.05, 0) is 43.0 Å². The molecule has 3 N–H and O–H groups in total. The van der Waals surface area contributed by atoms with E-state index in [1.807, 2.05) is 6.42 Å². The average molecular weight is 372 g/mol. The third kappa shape index (κ3) is 5.04. The van der Waals surface area contributed by atoms with Crippen LogP contribution in [-0.4, -0.2) is 36.0 Å². The highest BCUT2D eigenvalue weighted by Crippen LogP contribution is 2.20. The van der Waals surface area contributed by atoms with Crippen LogP contribution in [0.1, 0.15) is 18.4 Å². The maximum Gasteiger partial charge on any atom is 0.224 e. The smallest absolute Gasteiger partial charge is 0.224 e. The zero-order chi connectivity index (χ0) is 19.2. The lowest BCUT2D eigenvalue weighted by Gasteiger charge is -2.26. The van der Waals surface area contributed by atoms with Gasteiger partial charge in [0.1, 0.15) is 11.6 Å². The molecule has 0 saturated carbocycles. The van der Waals surface area contributed by atoms with Crippen molar-refractivity contribution in [2.75, 3.05) is 18.4 Å². The van der Waals surface area contributed by atoms with Crippen molar-refractivity contribution in [2.45, 2.75) is 31.3 Å². The van der Waals surface area contributed by atoms with E-state index in [2.05, 4.69) is 5.32 Å². The van der Waals surface area contributed by atoms with Crippen LogP contribution in [0, 0.1) is 18.1 Å². The number of hydrogen-bond acceptors (Lipinski definition) is 3. The van der Waals surface area contributed by atoms with E-state index in [9.17, 15) is 13.6 Å². The van der Waals surface area contributed by atoms with Gasteiger partial charge in [-0.15, -0.1) is 0 Å². The molecule has 143 valence electrons. The predicted octanol–water partition coefficient (Wildman–Crippen LogP) is 3.14. The van der Waals surface area contributed by atoms with E-state index in [1.165, 1.54) is 12.1 Å². The molecule has 1 heterocycles. The number of hydrogen-bond donors (Lipinski definition) is 2. The average Bonchev–Trinajstić information content (AvgIpc) is 3.12. The zero-order valence-corrected chi connectivity index (χ0v) is 15.1. The largest absolute Gasteiger partial charge is 0.381 e. The highest BCUT2D eigenvalue weighted by atomic mass is 19.1. The Morgan fingerprint density at radius 2 is 1.85 bits per heavy atom. The fourth-order valence-corrected chi connectivity index (χ4v) is 3.37. The lowest BCUT2D eigenvalue weighted by Crippen LogP contribution is -2.42. The van der Waals surface area contributed by atoms with Crippen molar-refractivity contribution in [2.24, 2.45) is 5.73 Å². The van der Waals surface area contributed by atoms with E-state index in [0.29, 0.717) is 30.8 Å². The molecular weight excluding hydrogens is 348 g/mol. The summed E-state index contributed by atoms with van der Waals surface area (Å²) in [5.74, 6) is -0.681. The molecule has 2 aromatic carbocycles. The van der Waals surface area contributed by atoms with Crippen LogP contribution in [0.2, 0.25) is 0 Å². The minimum atomic E-state index is -0.449. The Labute approximate surface area is 158 Å². The van der Waals surface area contributed by atoms with Crippen molar-refractivity contribution in [3.05, 3.63) is 72.1 Å². The number of likely N-dealkylation sites (tertiary alicyclic amines) is 1. The highest BCUT2D eigenvalue weighted by molar-refractivity contribution is 5.78. The fourth-order valence-electron chi connectivity index (χ4n) is 3.37. The topological polar surface area (TPSA) is 58.4 Å². The van der Waals surface area contributed by atoms with Gasteiger partial charge in [0.2, 0.25) is 5.91 Å². The zero-order valence-electron chi connectivity index (χ0n) is 15.1. The van der Waals surface area contributed by atoms with Crippen LogP contribution in [-0.2, 0) is 11.2 Å². The molecular formula is C21H24F2N3O. The van der Waals surface area contributed by atoms with Crippen LogP contribution in [0.3, 0.4) is 0 Å². The van der Waals surface area contributed by atoms with E-state index in [0.717, 1.165) is 6.42 Å². The lowest BCUT2D eigenvalue weighted by atomic mass is 10.0. The second kappa shape index (κ2) is 8.95. The molecule has 0 spiro atoms. The normalized spacial score (nSPS) is 17.7. The number of amides is 1. The van der Waals surface area contributed by atoms with Gasteiger partial charge in [0.25, 0.3) is 0 Å². The first kappa shape index (κ1) is 19.3. The molecule has 1 aliphatic rings. The SMILES string of the molecule is N[C@@H](CC(=O)N1C[CH]C[C@H]1CNc1ccccc1F)Cc1ccccc1F. The van der Waals surface area contributed by atoms with Crippen molar-refractivity contribution < 1.29 is 13.6 Å². The van der Waals surface area contributed by atoms with E-state index >= 15 is 0 Å². The van der Waals surface area contributed by atoms with Crippen LogP contribution in [0.15, 0.2) is 48.5 Å². The fraction of sp³-hybridized carbons (Fsp3) is 0.333. The third-order valence-electron chi connectivity index (χ3n) is 4.80. The van der Waals surface area contributed by atoms with Crippen LogP contribution < -0.4 is 11.1 Å². The number of carbonyl (C=O) groups excluding carboxylic acids is 1. The van der Waals surface area contributed by atoms with Crippen LogP contribution in [0.25, 0.3) is 0 Å². The number of carbonyl (C=O) groups is 1. The monoisotopic (exact) mass is 372 g/mol. The Balaban J connectivity index is 1.54. The van der Waals surface area contributed by atoms with Gasteiger partial charge in [-0.25, -0.2) is 8.78 Å².